The van der Waals surface area contributed by atoms with E-state index in [4.69, 9.17) is 23.6 Å². The maximum absolute atomic E-state index is 12.6. The van der Waals surface area contributed by atoms with Crippen LogP contribution in [-0.4, -0.2) is 66.3 Å². The maximum Gasteiger partial charge on any atom is 0.472 e. The minimum Gasteiger partial charge on any atom is -0.457 e. The first kappa shape index (κ1) is 55.2. The highest BCUT2D eigenvalue weighted by Gasteiger charge is 2.26. The molecule has 334 valence electrons. The molecule has 0 aliphatic heterocycles. The van der Waals surface area contributed by atoms with Crippen molar-refractivity contribution >= 4 is 13.8 Å². The van der Waals surface area contributed by atoms with Crippen LogP contribution < -0.4 is 0 Å². The van der Waals surface area contributed by atoms with Crippen molar-refractivity contribution < 1.29 is 43.0 Å². The molecule has 0 aromatic carbocycles. The van der Waals surface area contributed by atoms with E-state index in [0.717, 1.165) is 38.5 Å². The van der Waals surface area contributed by atoms with Crippen molar-refractivity contribution in [1.29, 1.82) is 0 Å². The Labute approximate surface area is 345 Å². The Morgan fingerprint density at radius 3 is 1.34 bits per heavy atom. The molecule has 0 aromatic rings. The molecule has 0 bridgehead atoms. The SMILES string of the molecule is CCCCCCCCC/C=C\CCCCCCCCCCOCC(COP(=O)(O)OCC(O)CO)OC(=O)CCCCCCCCCCCCCCCCCC. The number of hydrogen-bond acceptors (Lipinski definition) is 8. The lowest BCUT2D eigenvalue weighted by atomic mass is 10.0. The van der Waals surface area contributed by atoms with Crippen LogP contribution >= 0.6 is 7.82 Å². The van der Waals surface area contributed by atoms with Gasteiger partial charge in [0.1, 0.15) is 12.2 Å². The molecule has 0 rings (SSSR count). The highest BCUT2D eigenvalue weighted by molar-refractivity contribution is 7.47. The summed E-state index contributed by atoms with van der Waals surface area (Å²) in [4.78, 5) is 22.6. The van der Waals surface area contributed by atoms with Gasteiger partial charge >= 0.3 is 13.8 Å². The van der Waals surface area contributed by atoms with Crippen molar-refractivity contribution in [1.82, 2.24) is 0 Å². The third kappa shape index (κ3) is 42.8. The van der Waals surface area contributed by atoms with E-state index >= 15 is 0 Å². The molecule has 10 heteroatoms. The van der Waals surface area contributed by atoms with E-state index in [-0.39, 0.29) is 25.6 Å². The Balaban J connectivity index is 4.09. The van der Waals surface area contributed by atoms with Crippen LogP contribution in [0.2, 0.25) is 0 Å². The second-order valence-corrected chi connectivity index (χ2v) is 17.6. The monoisotopic (exact) mass is 819 g/mol. The van der Waals surface area contributed by atoms with Crippen molar-refractivity contribution in [2.45, 2.75) is 244 Å². The molecule has 0 aliphatic rings. The maximum atomic E-state index is 12.6. The number of hydrogen-bond donors (Lipinski definition) is 3. The highest BCUT2D eigenvalue weighted by Crippen LogP contribution is 2.43. The van der Waals surface area contributed by atoms with E-state index in [2.05, 4.69) is 26.0 Å². The summed E-state index contributed by atoms with van der Waals surface area (Å²) in [6.45, 7) is 3.56. The van der Waals surface area contributed by atoms with E-state index in [9.17, 15) is 19.4 Å². The first-order valence-electron chi connectivity index (χ1n) is 23.7. The van der Waals surface area contributed by atoms with Crippen molar-refractivity contribution in [3.8, 4) is 0 Å². The molecule has 0 radical (unpaired) electrons. The van der Waals surface area contributed by atoms with Gasteiger partial charge in [0.05, 0.1) is 26.4 Å². The van der Waals surface area contributed by atoms with Crippen molar-refractivity contribution in [3.63, 3.8) is 0 Å². The van der Waals surface area contributed by atoms with E-state index in [1.54, 1.807) is 0 Å². The number of allylic oxidation sites excluding steroid dienone is 2. The summed E-state index contributed by atoms with van der Waals surface area (Å²) in [5, 5.41) is 18.4. The molecule has 0 heterocycles. The quantitative estimate of drug-likeness (QED) is 0.0238. The van der Waals surface area contributed by atoms with Gasteiger partial charge in [-0.2, -0.15) is 0 Å². The minimum absolute atomic E-state index is 0.0530. The van der Waals surface area contributed by atoms with Crippen LogP contribution in [0.15, 0.2) is 12.2 Å². The molecule has 9 nitrogen and oxygen atoms in total. The average molecular weight is 819 g/mol. The first-order chi connectivity index (χ1) is 27.3. The lowest BCUT2D eigenvalue weighted by Crippen LogP contribution is -2.29. The van der Waals surface area contributed by atoms with Gasteiger partial charge in [-0.15, -0.1) is 0 Å². The molecule has 0 saturated heterocycles. The number of carbonyl (C=O) groups is 1. The van der Waals surface area contributed by atoms with Gasteiger partial charge in [-0.05, 0) is 38.5 Å². The average Bonchev–Trinajstić information content (AvgIpc) is 3.19. The molecule has 0 saturated carbocycles. The molecule has 0 aromatic heterocycles. The normalized spacial score (nSPS) is 14.0. The number of phosphoric acid groups is 1. The summed E-state index contributed by atoms with van der Waals surface area (Å²) in [6.07, 6.45) is 44.5. The standard InChI is InChI=1S/C46H91O9P/c1-3-5-7-9-11-13-15-17-19-21-22-23-25-27-29-31-33-35-37-39-52-42-45(43-54-56(50,51)53-41-44(48)40-47)55-46(49)38-36-34-32-30-28-26-24-20-18-16-14-12-10-8-6-4-2/h19,21,44-45,47-48H,3-18,20,22-43H2,1-2H3,(H,50,51)/b21-19-. The van der Waals surface area contributed by atoms with Crippen LogP contribution in [0.3, 0.4) is 0 Å². The summed E-state index contributed by atoms with van der Waals surface area (Å²) >= 11 is 0. The van der Waals surface area contributed by atoms with Gasteiger partial charge in [-0.1, -0.05) is 199 Å². The van der Waals surface area contributed by atoms with Gasteiger partial charge in [0.15, 0.2) is 0 Å². The predicted molar refractivity (Wildman–Crippen MR) is 233 cm³/mol. The van der Waals surface area contributed by atoms with Crippen LogP contribution in [0.1, 0.15) is 232 Å². The molecule has 56 heavy (non-hydrogen) atoms. The second kappa shape index (κ2) is 43.8. The van der Waals surface area contributed by atoms with E-state index < -0.39 is 33.2 Å². The van der Waals surface area contributed by atoms with Crippen molar-refractivity contribution in [2.24, 2.45) is 0 Å². The summed E-state index contributed by atoms with van der Waals surface area (Å²) in [5.41, 5.74) is 0. The number of esters is 1. The van der Waals surface area contributed by atoms with Gasteiger partial charge in [0, 0.05) is 13.0 Å². The van der Waals surface area contributed by atoms with Gasteiger partial charge in [-0.25, -0.2) is 4.57 Å². The van der Waals surface area contributed by atoms with Crippen LogP contribution in [0.25, 0.3) is 0 Å². The lowest BCUT2D eigenvalue weighted by Gasteiger charge is -2.20. The number of ether oxygens (including phenoxy) is 2. The van der Waals surface area contributed by atoms with E-state index in [1.165, 1.54) is 173 Å². The number of unbranched alkanes of at least 4 members (excludes halogenated alkanes) is 30. The molecule has 0 fully saturated rings. The Hall–Kier alpha value is -0.800. The van der Waals surface area contributed by atoms with Gasteiger partial charge < -0.3 is 24.6 Å². The van der Waals surface area contributed by atoms with Gasteiger partial charge in [0.2, 0.25) is 0 Å². The fourth-order valence-electron chi connectivity index (χ4n) is 6.82. The molecular formula is C46H91O9P. The molecule has 0 spiro atoms. The lowest BCUT2D eigenvalue weighted by molar-refractivity contribution is -0.154. The molecule has 0 aliphatic carbocycles. The fourth-order valence-corrected chi connectivity index (χ4v) is 7.61. The number of carbonyl (C=O) groups excluding carboxylic acids is 1. The Morgan fingerprint density at radius 1 is 0.536 bits per heavy atom. The molecule has 3 atom stereocenters. The number of phosphoric ester groups is 1. The topological polar surface area (TPSA) is 132 Å². The molecular weight excluding hydrogens is 727 g/mol. The summed E-state index contributed by atoms with van der Waals surface area (Å²) in [6, 6.07) is 0. The zero-order valence-electron chi connectivity index (χ0n) is 36.6. The third-order valence-corrected chi connectivity index (χ3v) is 11.4. The van der Waals surface area contributed by atoms with Crippen molar-refractivity contribution in [3.05, 3.63) is 12.2 Å². The largest absolute Gasteiger partial charge is 0.472 e. The Morgan fingerprint density at radius 2 is 0.911 bits per heavy atom. The number of aliphatic hydroxyl groups excluding tert-OH is 2. The van der Waals surface area contributed by atoms with Crippen molar-refractivity contribution in [2.75, 3.05) is 33.0 Å². The summed E-state index contributed by atoms with van der Waals surface area (Å²) in [5.74, 6) is -0.378. The van der Waals surface area contributed by atoms with E-state index in [0.29, 0.717) is 6.61 Å². The fraction of sp³-hybridized carbons (Fsp3) is 0.935. The van der Waals surface area contributed by atoms with E-state index in [1.807, 2.05) is 0 Å². The van der Waals surface area contributed by atoms with Gasteiger partial charge in [-0.3, -0.25) is 13.8 Å². The highest BCUT2D eigenvalue weighted by atomic mass is 31.2. The smallest absolute Gasteiger partial charge is 0.457 e. The third-order valence-electron chi connectivity index (χ3n) is 10.5. The van der Waals surface area contributed by atoms with Crippen LogP contribution in [0, 0.1) is 0 Å². The zero-order chi connectivity index (χ0) is 41.1. The van der Waals surface area contributed by atoms with Gasteiger partial charge in [0.25, 0.3) is 0 Å². The zero-order valence-corrected chi connectivity index (χ0v) is 37.5. The predicted octanol–water partition coefficient (Wildman–Crippen LogP) is 13.3. The van der Waals surface area contributed by atoms with Crippen LogP contribution in [0.5, 0.6) is 0 Å². The second-order valence-electron chi connectivity index (χ2n) is 16.1. The minimum atomic E-state index is -4.51. The Kier molecular flexibility index (Phi) is 43.1. The van der Waals surface area contributed by atoms with Crippen LogP contribution in [0.4, 0.5) is 0 Å². The first-order valence-corrected chi connectivity index (χ1v) is 25.2. The number of rotatable bonds is 46. The van der Waals surface area contributed by atoms with Crippen LogP contribution in [-0.2, 0) is 27.9 Å². The molecule has 0 amide bonds. The Bertz CT molecular complexity index is 887. The molecule has 3 unspecified atom stereocenters. The summed E-state index contributed by atoms with van der Waals surface area (Å²) < 4.78 is 33.4. The number of aliphatic hydroxyl groups is 2. The summed E-state index contributed by atoms with van der Waals surface area (Å²) in [7, 11) is -4.51. The molecule has 3 N–H and O–H groups in total.